The molecular weight excluding hydrogens is 467 g/mol. The van der Waals surface area contributed by atoms with Gasteiger partial charge in [0.25, 0.3) is 5.91 Å². The average molecular weight is 499 g/mol. The van der Waals surface area contributed by atoms with E-state index in [4.69, 9.17) is 4.74 Å². The number of nitrogens with zero attached hydrogens (tertiary/aromatic N) is 4. The van der Waals surface area contributed by atoms with Gasteiger partial charge in [-0.3, -0.25) is 4.79 Å². The van der Waals surface area contributed by atoms with E-state index in [2.05, 4.69) is 54.5 Å². The summed E-state index contributed by atoms with van der Waals surface area (Å²) in [6.07, 6.45) is 3.36. The molecule has 6 heterocycles. The van der Waals surface area contributed by atoms with E-state index in [-0.39, 0.29) is 17.4 Å². The van der Waals surface area contributed by atoms with Gasteiger partial charge < -0.3 is 9.64 Å². The van der Waals surface area contributed by atoms with E-state index in [1.54, 1.807) is 17.0 Å². The Morgan fingerprint density at radius 2 is 1.95 bits per heavy atom. The van der Waals surface area contributed by atoms with E-state index in [0.717, 1.165) is 54.4 Å². The molecule has 0 saturated heterocycles. The van der Waals surface area contributed by atoms with Crippen LogP contribution in [0.25, 0.3) is 11.0 Å². The topological polar surface area (TPSA) is 60.2 Å². The molecule has 190 valence electrons. The highest BCUT2D eigenvalue weighted by atomic mass is 19.1. The summed E-state index contributed by atoms with van der Waals surface area (Å²) < 4.78 is 22.7. The number of rotatable bonds is 1. The first-order valence-corrected chi connectivity index (χ1v) is 13.2. The van der Waals surface area contributed by atoms with Crippen LogP contribution in [0.15, 0.2) is 48.5 Å². The third-order valence-corrected chi connectivity index (χ3v) is 7.90. The lowest BCUT2D eigenvalue weighted by Crippen LogP contribution is -2.36. The van der Waals surface area contributed by atoms with Gasteiger partial charge in [-0.15, -0.1) is 5.10 Å². The lowest BCUT2D eigenvalue weighted by molar-refractivity contribution is 0.0730. The van der Waals surface area contributed by atoms with Crippen molar-refractivity contribution in [2.75, 3.05) is 13.2 Å². The Morgan fingerprint density at radius 1 is 1.05 bits per heavy atom. The van der Waals surface area contributed by atoms with Crippen LogP contribution in [0.2, 0.25) is 0 Å². The quantitative estimate of drug-likeness (QED) is 0.333. The van der Waals surface area contributed by atoms with Gasteiger partial charge in [0.2, 0.25) is 0 Å². The smallest absolute Gasteiger partial charge is 0.257 e. The van der Waals surface area contributed by atoms with Gasteiger partial charge in [-0.2, -0.15) is 0 Å². The zero-order valence-electron chi connectivity index (χ0n) is 21.3. The monoisotopic (exact) mass is 498 g/mol. The van der Waals surface area contributed by atoms with Gasteiger partial charge in [0.15, 0.2) is 0 Å². The Morgan fingerprint density at radius 3 is 2.78 bits per heavy atom. The van der Waals surface area contributed by atoms with Crippen molar-refractivity contribution in [1.82, 2.24) is 19.9 Å². The molecule has 0 saturated carbocycles. The predicted octanol–water partition coefficient (Wildman–Crippen LogP) is 5.79. The van der Waals surface area contributed by atoms with Crippen molar-refractivity contribution >= 4 is 16.9 Å². The molecule has 5 aliphatic rings. The van der Waals surface area contributed by atoms with Gasteiger partial charge in [0.05, 0.1) is 17.7 Å². The van der Waals surface area contributed by atoms with E-state index in [1.165, 1.54) is 22.8 Å². The predicted molar refractivity (Wildman–Crippen MR) is 140 cm³/mol. The lowest BCUT2D eigenvalue weighted by Gasteiger charge is -2.30. The first kappa shape index (κ1) is 23.6. The number of hydrogen-bond donors (Lipinski definition) is 0. The molecule has 1 atom stereocenters. The van der Waals surface area contributed by atoms with Crippen molar-refractivity contribution < 1.29 is 13.9 Å². The summed E-state index contributed by atoms with van der Waals surface area (Å²) in [6, 6.07) is 15.6. The summed E-state index contributed by atoms with van der Waals surface area (Å²) in [5, 5.41) is 8.98. The first-order valence-electron chi connectivity index (χ1n) is 13.2. The normalized spacial score (nSPS) is 18.0. The van der Waals surface area contributed by atoms with Crippen LogP contribution in [-0.4, -0.2) is 39.0 Å². The maximum absolute atomic E-state index is 15.0. The van der Waals surface area contributed by atoms with Crippen molar-refractivity contribution in [2.24, 2.45) is 0 Å². The molecule has 1 amide bonds. The standard InChI is InChI=1S/C30H31FN4O2/c1-3-24-21-7-6-20-12-14-34(18-22(20)16-21)30(36)26-9-8-23(17-27(26)31)37-15-5-4-13-35-28-11-10-25(24)19(2)29(28)32-33-35/h6-11,16-17,24H,3-5,12-15,18H2,1-2H3. The summed E-state index contributed by atoms with van der Waals surface area (Å²) in [4.78, 5) is 15.0. The summed E-state index contributed by atoms with van der Waals surface area (Å²) >= 11 is 0. The largest absolute Gasteiger partial charge is 0.493 e. The minimum absolute atomic E-state index is 0.0930. The van der Waals surface area contributed by atoms with Crippen LogP contribution in [0, 0.1) is 12.7 Å². The van der Waals surface area contributed by atoms with E-state index < -0.39 is 5.82 Å². The summed E-state index contributed by atoms with van der Waals surface area (Å²) in [6.45, 7) is 6.59. The van der Waals surface area contributed by atoms with Crippen molar-refractivity contribution in [3.05, 3.63) is 87.7 Å². The molecule has 9 rings (SSSR count). The van der Waals surface area contributed by atoms with Crippen molar-refractivity contribution in [3.63, 3.8) is 0 Å². The Hall–Kier alpha value is -3.74. The fourth-order valence-electron chi connectivity index (χ4n) is 5.81. The SMILES string of the molecule is CCC1c2ccc3c(c2)CN(CC3)C(=O)c2ccc(cc2F)OCCCCn2nnc3c(C)c1ccc32. The fraction of sp³-hybridized carbons (Fsp3) is 0.367. The van der Waals surface area contributed by atoms with Crippen LogP contribution in [-0.2, 0) is 19.5 Å². The molecular formula is C30H31FN4O2. The average Bonchev–Trinajstić information content (AvgIpc) is 3.32. The second-order valence-corrected chi connectivity index (χ2v) is 10.1. The fourth-order valence-corrected chi connectivity index (χ4v) is 5.81. The molecule has 3 aromatic carbocycles. The number of hydrogen-bond acceptors (Lipinski definition) is 4. The molecule has 1 aromatic heterocycles. The van der Waals surface area contributed by atoms with Gasteiger partial charge in [-0.25, -0.2) is 9.07 Å². The second-order valence-electron chi connectivity index (χ2n) is 10.1. The summed E-state index contributed by atoms with van der Waals surface area (Å²) in [7, 11) is 0. The van der Waals surface area contributed by atoms with E-state index in [9.17, 15) is 9.18 Å². The Labute approximate surface area is 216 Å². The first-order chi connectivity index (χ1) is 18.0. The number of ether oxygens (including phenoxy) is 1. The zero-order chi connectivity index (χ0) is 25.5. The Bertz CT molecular complexity index is 1490. The third kappa shape index (κ3) is 4.26. The number of aromatic nitrogens is 3. The number of carbonyl (C=O) groups is 1. The molecule has 37 heavy (non-hydrogen) atoms. The second kappa shape index (κ2) is 9.61. The van der Waals surface area contributed by atoms with Crippen LogP contribution in [0.3, 0.4) is 0 Å². The van der Waals surface area contributed by atoms with Crippen molar-refractivity contribution in [1.29, 1.82) is 0 Å². The minimum Gasteiger partial charge on any atom is -0.493 e. The molecule has 6 nitrogen and oxygen atoms in total. The third-order valence-electron chi connectivity index (χ3n) is 7.90. The van der Waals surface area contributed by atoms with E-state index >= 15 is 0 Å². The van der Waals surface area contributed by atoms with Gasteiger partial charge in [0, 0.05) is 31.6 Å². The molecule has 9 bridgehead atoms. The number of benzene rings is 3. The van der Waals surface area contributed by atoms with E-state index in [1.807, 2.05) is 4.68 Å². The number of amides is 1. The molecule has 5 aliphatic heterocycles. The van der Waals surface area contributed by atoms with E-state index in [0.29, 0.717) is 25.4 Å². The highest BCUT2D eigenvalue weighted by molar-refractivity contribution is 5.94. The zero-order valence-corrected chi connectivity index (χ0v) is 21.3. The highest BCUT2D eigenvalue weighted by Gasteiger charge is 2.26. The van der Waals surface area contributed by atoms with Crippen LogP contribution < -0.4 is 4.74 Å². The van der Waals surface area contributed by atoms with Crippen LogP contribution >= 0.6 is 0 Å². The van der Waals surface area contributed by atoms with Crippen LogP contribution in [0.1, 0.15) is 70.3 Å². The maximum Gasteiger partial charge on any atom is 0.257 e. The highest BCUT2D eigenvalue weighted by Crippen LogP contribution is 2.35. The maximum atomic E-state index is 15.0. The molecule has 0 N–H and O–H groups in total. The molecule has 0 aliphatic carbocycles. The van der Waals surface area contributed by atoms with Gasteiger partial charge in [-0.05, 0) is 78.6 Å². The molecule has 0 fully saturated rings. The molecule has 0 spiro atoms. The van der Waals surface area contributed by atoms with Crippen LogP contribution in [0.5, 0.6) is 5.75 Å². The van der Waals surface area contributed by atoms with Gasteiger partial charge in [0.1, 0.15) is 17.1 Å². The molecule has 1 unspecified atom stereocenters. The summed E-state index contributed by atoms with van der Waals surface area (Å²) in [5.74, 6) is -0.168. The number of aryl methyl sites for hydroxylation is 2. The van der Waals surface area contributed by atoms with Gasteiger partial charge >= 0.3 is 0 Å². The number of halogens is 1. The van der Waals surface area contributed by atoms with Crippen LogP contribution in [0.4, 0.5) is 4.39 Å². The van der Waals surface area contributed by atoms with Gasteiger partial charge in [-0.1, -0.05) is 36.4 Å². The Balaban J connectivity index is 1.43. The number of carbonyl (C=O) groups excluding carboxylic acids is 1. The summed E-state index contributed by atoms with van der Waals surface area (Å²) in [5.41, 5.74) is 8.11. The van der Waals surface area contributed by atoms with Crippen molar-refractivity contribution in [2.45, 2.75) is 58.5 Å². The molecule has 4 aromatic rings. The molecule has 0 radical (unpaired) electrons. The minimum atomic E-state index is -0.541. The lowest BCUT2D eigenvalue weighted by atomic mass is 9.84. The molecule has 7 heteroatoms. The van der Waals surface area contributed by atoms with Crippen molar-refractivity contribution in [3.8, 4) is 5.75 Å². The Kier molecular flexibility index (Phi) is 6.14.